The highest BCUT2D eigenvalue weighted by Gasteiger charge is 2.49. The molecule has 5 fully saturated rings. The molecule has 0 amide bonds. The third kappa shape index (κ3) is 6.70. The topological polar surface area (TPSA) is 48.1 Å². The van der Waals surface area contributed by atoms with E-state index in [1.807, 2.05) is 0 Å². The molecule has 5 heterocycles. The highest BCUT2D eigenvalue weighted by Crippen LogP contribution is 2.46. The van der Waals surface area contributed by atoms with Crippen LogP contribution in [0.5, 0.6) is 0 Å². The zero-order valence-electron chi connectivity index (χ0n) is 31.8. The van der Waals surface area contributed by atoms with Crippen LogP contribution in [0.3, 0.4) is 0 Å². The van der Waals surface area contributed by atoms with Crippen LogP contribution in [-0.2, 0) is 0 Å². The normalized spacial score (nSPS) is 35.9. The SMILES string of the molecule is Cc1ccc(C2C3CCC(N3)C(c3ccc(C)cc3)C3CCC(N3)C(c3ccc(C)cc3)C3CCC(N3)C(c3ccc(C)cc3)C3CCC2N3)cc1. The lowest BCUT2D eigenvalue weighted by molar-refractivity contribution is 0.305. The molecule has 8 unspecified atom stereocenters. The highest BCUT2D eigenvalue weighted by molar-refractivity contribution is 5.35. The second-order valence-electron chi connectivity index (χ2n) is 17.6. The average molecular weight is 693 g/mol. The van der Waals surface area contributed by atoms with Crippen LogP contribution in [-0.4, -0.2) is 48.3 Å². The summed E-state index contributed by atoms with van der Waals surface area (Å²) in [7, 11) is 0. The van der Waals surface area contributed by atoms with Crippen LogP contribution in [0, 0.1) is 27.7 Å². The summed E-state index contributed by atoms with van der Waals surface area (Å²) in [5, 5.41) is 17.6. The number of aryl methyl sites for hydroxylation is 4. The molecule has 8 bridgehead atoms. The number of benzene rings is 4. The maximum atomic E-state index is 4.40. The maximum Gasteiger partial charge on any atom is 0.0154 e. The van der Waals surface area contributed by atoms with Gasteiger partial charge in [-0.05, 0) is 101 Å². The van der Waals surface area contributed by atoms with Gasteiger partial charge in [0.1, 0.15) is 0 Å². The van der Waals surface area contributed by atoms with Gasteiger partial charge in [-0.2, -0.15) is 0 Å². The first-order valence-electron chi connectivity index (χ1n) is 20.7. The molecular formula is C48H60N4. The molecule has 4 nitrogen and oxygen atoms in total. The van der Waals surface area contributed by atoms with Crippen molar-refractivity contribution in [1.82, 2.24) is 21.3 Å². The van der Waals surface area contributed by atoms with E-state index in [1.54, 1.807) is 0 Å². The minimum Gasteiger partial charge on any atom is -0.310 e. The van der Waals surface area contributed by atoms with E-state index in [1.165, 1.54) is 95.9 Å². The standard InChI is InChI=1S/C48H60N4/c1-29-5-13-33(14-6-29)45-37-21-23-39(49-37)46(34-15-7-30(2)8-16-34)41-25-27-43(51-41)48(36-19-11-32(4)12-20-36)44-28-26-42(52-44)47(40-24-22-38(45)50-40)35-17-9-31(3)10-18-35/h5-20,37-52H,21-28H2,1-4H3. The van der Waals surface area contributed by atoms with Gasteiger partial charge >= 0.3 is 0 Å². The van der Waals surface area contributed by atoms with Gasteiger partial charge < -0.3 is 21.3 Å². The van der Waals surface area contributed by atoms with E-state index in [9.17, 15) is 0 Å². The van der Waals surface area contributed by atoms with E-state index in [0.717, 1.165) is 0 Å². The smallest absolute Gasteiger partial charge is 0.0154 e. The molecule has 5 saturated heterocycles. The van der Waals surface area contributed by atoms with Gasteiger partial charge in [0.15, 0.2) is 0 Å². The predicted octanol–water partition coefficient (Wildman–Crippen LogP) is 8.85. The molecule has 52 heavy (non-hydrogen) atoms. The quantitative estimate of drug-likeness (QED) is 0.173. The number of fused-ring (bicyclic) bond motifs is 8. The first-order chi connectivity index (χ1) is 25.4. The molecule has 0 saturated carbocycles. The minimum absolute atomic E-state index is 0.445. The lowest BCUT2D eigenvalue weighted by atomic mass is 9.82. The molecule has 0 radical (unpaired) electrons. The Balaban J connectivity index is 1.14. The highest BCUT2D eigenvalue weighted by atomic mass is 15.1. The summed E-state index contributed by atoms with van der Waals surface area (Å²) in [6.45, 7) is 8.90. The summed E-state index contributed by atoms with van der Waals surface area (Å²) in [5.41, 5.74) is 11.4. The minimum atomic E-state index is 0.445. The van der Waals surface area contributed by atoms with E-state index in [0.29, 0.717) is 72.0 Å². The van der Waals surface area contributed by atoms with Gasteiger partial charge in [-0.3, -0.25) is 0 Å². The Kier molecular flexibility index (Phi) is 9.62. The Morgan fingerprint density at radius 3 is 0.577 bits per heavy atom. The first-order valence-corrected chi connectivity index (χ1v) is 20.7. The second-order valence-corrected chi connectivity index (χ2v) is 17.6. The molecule has 0 spiro atoms. The van der Waals surface area contributed by atoms with Crippen LogP contribution in [0.1, 0.15) is 120 Å². The molecule has 0 aliphatic carbocycles. The summed E-state index contributed by atoms with van der Waals surface area (Å²) >= 11 is 0. The fraction of sp³-hybridized carbons (Fsp3) is 0.500. The van der Waals surface area contributed by atoms with Crippen LogP contribution < -0.4 is 21.3 Å². The van der Waals surface area contributed by atoms with Crippen LogP contribution in [0.2, 0.25) is 0 Å². The van der Waals surface area contributed by atoms with E-state index in [4.69, 9.17) is 0 Å². The molecule has 4 N–H and O–H groups in total. The van der Waals surface area contributed by atoms with Gasteiger partial charge in [0.25, 0.3) is 0 Å². The first kappa shape index (κ1) is 34.5. The van der Waals surface area contributed by atoms with Crippen molar-refractivity contribution in [3.63, 3.8) is 0 Å². The number of hydrogen-bond acceptors (Lipinski definition) is 4. The Labute approximate surface area is 313 Å². The maximum absolute atomic E-state index is 4.40. The van der Waals surface area contributed by atoms with Crippen LogP contribution in [0.15, 0.2) is 97.1 Å². The van der Waals surface area contributed by atoms with Crippen LogP contribution in [0.4, 0.5) is 0 Å². The summed E-state index contributed by atoms with van der Waals surface area (Å²) in [4.78, 5) is 0. The van der Waals surface area contributed by atoms with Crippen molar-refractivity contribution in [3.8, 4) is 0 Å². The fourth-order valence-electron chi connectivity index (χ4n) is 11.6. The van der Waals surface area contributed by atoms with Gasteiger partial charge in [-0.15, -0.1) is 0 Å². The van der Waals surface area contributed by atoms with E-state index in [-0.39, 0.29) is 0 Å². The summed E-state index contributed by atoms with van der Waals surface area (Å²) in [6.07, 6.45) is 9.81. The van der Waals surface area contributed by atoms with Crippen molar-refractivity contribution in [2.24, 2.45) is 0 Å². The van der Waals surface area contributed by atoms with Crippen molar-refractivity contribution < 1.29 is 0 Å². The zero-order chi connectivity index (χ0) is 35.3. The Morgan fingerprint density at radius 1 is 0.269 bits per heavy atom. The van der Waals surface area contributed by atoms with E-state index >= 15 is 0 Å². The largest absolute Gasteiger partial charge is 0.310 e. The van der Waals surface area contributed by atoms with Gasteiger partial charge in [0.05, 0.1) is 0 Å². The molecule has 5 aliphatic rings. The van der Waals surface area contributed by atoms with E-state index in [2.05, 4.69) is 146 Å². The van der Waals surface area contributed by atoms with Gasteiger partial charge in [-0.25, -0.2) is 0 Å². The molecule has 4 aromatic carbocycles. The number of hydrogen-bond donors (Lipinski definition) is 4. The molecule has 8 atom stereocenters. The Bertz CT molecular complexity index is 1490. The molecule has 9 rings (SSSR count). The predicted molar refractivity (Wildman–Crippen MR) is 215 cm³/mol. The monoisotopic (exact) mass is 692 g/mol. The van der Waals surface area contributed by atoms with Gasteiger partial charge in [0, 0.05) is 72.0 Å². The lowest BCUT2D eigenvalue weighted by Gasteiger charge is -2.37. The number of nitrogens with one attached hydrogen (secondary N) is 4. The van der Waals surface area contributed by atoms with Gasteiger partial charge in [0.2, 0.25) is 0 Å². The third-order valence-corrected chi connectivity index (χ3v) is 14.2. The van der Waals surface area contributed by atoms with Gasteiger partial charge in [-0.1, -0.05) is 119 Å². The molecule has 272 valence electrons. The zero-order valence-corrected chi connectivity index (χ0v) is 31.8. The number of rotatable bonds is 4. The lowest BCUT2D eigenvalue weighted by Crippen LogP contribution is -2.51. The van der Waals surface area contributed by atoms with Crippen molar-refractivity contribution in [2.45, 2.75) is 151 Å². The van der Waals surface area contributed by atoms with Crippen LogP contribution >= 0.6 is 0 Å². The third-order valence-electron chi connectivity index (χ3n) is 14.2. The molecule has 4 heteroatoms. The molecule has 0 aromatic heterocycles. The van der Waals surface area contributed by atoms with E-state index < -0.39 is 0 Å². The molecule has 4 aromatic rings. The Morgan fingerprint density at radius 2 is 0.423 bits per heavy atom. The molecular weight excluding hydrogens is 633 g/mol. The molecule has 5 aliphatic heterocycles. The summed E-state index contributed by atoms with van der Waals surface area (Å²) in [5.74, 6) is 1.78. The van der Waals surface area contributed by atoms with Crippen molar-refractivity contribution in [2.75, 3.05) is 0 Å². The van der Waals surface area contributed by atoms with Crippen molar-refractivity contribution >= 4 is 0 Å². The van der Waals surface area contributed by atoms with Crippen molar-refractivity contribution in [1.29, 1.82) is 0 Å². The van der Waals surface area contributed by atoms with Crippen LogP contribution in [0.25, 0.3) is 0 Å². The summed E-state index contributed by atoms with van der Waals surface area (Å²) in [6, 6.07) is 41.9. The average Bonchev–Trinajstić information content (AvgIpc) is 3.99. The second kappa shape index (κ2) is 14.5. The fourth-order valence-corrected chi connectivity index (χ4v) is 11.6. The summed E-state index contributed by atoms with van der Waals surface area (Å²) < 4.78 is 0. The Hall–Kier alpha value is -3.28. The van der Waals surface area contributed by atoms with Crippen molar-refractivity contribution in [3.05, 3.63) is 142 Å².